The number of carbonyl (C=O) groups excluding carboxylic acids is 1. The summed E-state index contributed by atoms with van der Waals surface area (Å²) in [5.74, 6) is -0.955. The Balaban J connectivity index is 3.55. The van der Waals surface area contributed by atoms with Crippen molar-refractivity contribution < 1.29 is 17.6 Å². The molecular formula is C8H6ClFO3S. The second-order valence-electron chi connectivity index (χ2n) is 2.69. The van der Waals surface area contributed by atoms with Crippen molar-refractivity contribution in [2.75, 3.05) is 6.26 Å². The van der Waals surface area contributed by atoms with Gasteiger partial charge in [-0.3, -0.25) is 4.79 Å². The first kappa shape index (κ1) is 11.1. The standard InChI is InChI=1S/C8H6ClFO3S/c1-14(12,13)8-2-5(4-11)6(9)3-7(8)10/h2-4H,1H3. The Morgan fingerprint density at radius 2 is 2.00 bits per heavy atom. The van der Waals surface area contributed by atoms with E-state index in [4.69, 9.17) is 11.6 Å². The molecule has 0 saturated heterocycles. The molecule has 0 spiro atoms. The van der Waals surface area contributed by atoms with Gasteiger partial charge in [-0.25, -0.2) is 12.8 Å². The minimum Gasteiger partial charge on any atom is -0.298 e. The summed E-state index contributed by atoms with van der Waals surface area (Å²) in [6.45, 7) is 0. The number of carbonyl (C=O) groups is 1. The van der Waals surface area contributed by atoms with E-state index in [9.17, 15) is 17.6 Å². The summed E-state index contributed by atoms with van der Waals surface area (Å²) in [6.07, 6.45) is 1.23. The molecule has 0 fully saturated rings. The average Bonchev–Trinajstić information content (AvgIpc) is 2.02. The van der Waals surface area contributed by atoms with E-state index in [0.29, 0.717) is 6.29 Å². The molecule has 0 amide bonds. The minimum atomic E-state index is -3.68. The summed E-state index contributed by atoms with van der Waals surface area (Å²) >= 11 is 5.49. The van der Waals surface area contributed by atoms with E-state index < -0.39 is 20.5 Å². The van der Waals surface area contributed by atoms with Gasteiger partial charge in [0.15, 0.2) is 16.1 Å². The molecule has 6 heteroatoms. The van der Waals surface area contributed by atoms with Gasteiger partial charge in [0, 0.05) is 11.8 Å². The molecule has 1 aromatic carbocycles. The largest absolute Gasteiger partial charge is 0.298 e. The summed E-state index contributed by atoms with van der Waals surface area (Å²) in [6, 6.07) is 1.72. The van der Waals surface area contributed by atoms with Gasteiger partial charge in [0.05, 0.1) is 5.02 Å². The molecule has 1 aromatic rings. The smallest absolute Gasteiger partial charge is 0.178 e. The minimum absolute atomic E-state index is 0.0477. The number of rotatable bonds is 2. The van der Waals surface area contributed by atoms with Crippen molar-refractivity contribution in [3.8, 4) is 0 Å². The molecule has 0 aliphatic carbocycles. The SMILES string of the molecule is CS(=O)(=O)c1cc(C=O)c(Cl)cc1F. The van der Waals surface area contributed by atoms with Crippen molar-refractivity contribution in [2.24, 2.45) is 0 Å². The van der Waals surface area contributed by atoms with Crippen LogP contribution in [0.25, 0.3) is 0 Å². The molecule has 0 aliphatic heterocycles. The lowest BCUT2D eigenvalue weighted by Gasteiger charge is -2.02. The molecule has 14 heavy (non-hydrogen) atoms. The first-order valence-corrected chi connectivity index (χ1v) is 5.77. The average molecular weight is 237 g/mol. The molecule has 0 aliphatic rings. The second kappa shape index (κ2) is 3.67. The Labute approximate surface area is 85.4 Å². The number of hydrogen-bond donors (Lipinski definition) is 0. The normalized spacial score (nSPS) is 11.4. The zero-order valence-corrected chi connectivity index (χ0v) is 8.69. The van der Waals surface area contributed by atoms with E-state index in [-0.39, 0.29) is 10.6 Å². The van der Waals surface area contributed by atoms with Gasteiger partial charge in [-0.05, 0) is 12.1 Å². The second-order valence-corrected chi connectivity index (χ2v) is 5.09. The van der Waals surface area contributed by atoms with Crippen LogP contribution < -0.4 is 0 Å². The Morgan fingerprint density at radius 1 is 1.43 bits per heavy atom. The molecule has 0 heterocycles. The zero-order chi connectivity index (χ0) is 10.9. The van der Waals surface area contributed by atoms with Crippen molar-refractivity contribution >= 4 is 27.7 Å². The highest BCUT2D eigenvalue weighted by molar-refractivity contribution is 7.90. The van der Waals surface area contributed by atoms with Crippen molar-refractivity contribution in [1.82, 2.24) is 0 Å². The zero-order valence-electron chi connectivity index (χ0n) is 7.12. The van der Waals surface area contributed by atoms with Crippen LogP contribution in [0.1, 0.15) is 10.4 Å². The quantitative estimate of drug-likeness (QED) is 0.735. The van der Waals surface area contributed by atoms with Crippen LogP contribution in [0, 0.1) is 5.82 Å². The van der Waals surface area contributed by atoms with Gasteiger partial charge >= 0.3 is 0 Å². The lowest BCUT2D eigenvalue weighted by atomic mass is 10.2. The van der Waals surface area contributed by atoms with Crippen LogP contribution in [0.2, 0.25) is 5.02 Å². The summed E-state index contributed by atoms with van der Waals surface area (Å²) in [4.78, 5) is 9.89. The monoisotopic (exact) mass is 236 g/mol. The van der Waals surface area contributed by atoms with E-state index in [2.05, 4.69) is 0 Å². The maximum absolute atomic E-state index is 13.1. The van der Waals surface area contributed by atoms with Crippen molar-refractivity contribution in [3.63, 3.8) is 0 Å². The fraction of sp³-hybridized carbons (Fsp3) is 0.125. The van der Waals surface area contributed by atoms with Crippen molar-refractivity contribution in [2.45, 2.75) is 4.90 Å². The topological polar surface area (TPSA) is 51.2 Å². The molecule has 0 aromatic heterocycles. The lowest BCUT2D eigenvalue weighted by Crippen LogP contribution is -2.02. The number of hydrogen-bond acceptors (Lipinski definition) is 3. The molecule has 0 saturated carbocycles. The van der Waals surface area contributed by atoms with Gasteiger partial charge in [-0.2, -0.15) is 0 Å². The van der Waals surface area contributed by atoms with Gasteiger partial charge < -0.3 is 0 Å². The number of halogens is 2. The summed E-state index contributed by atoms with van der Waals surface area (Å²) in [5.41, 5.74) is -0.0477. The third-order valence-electron chi connectivity index (χ3n) is 1.58. The highest BCUT2D eigenvalue weighted by atomic mass is 35.5. The molecule has 76 valence electrons. The maximum atomic E-state index is 13.1. The van der Waals surface area contributed by atoms with Crippen molar-refractivity contribution in [3.05, 3.63) is 28.5 Å². The first-order chi connectivity index (χ1) is 6.36. The van der Waals surface area contributed by atoms with E-state index >= 15 is 0 Å². The first-order valence-electron chi connectivity index (χ1n) is 3.50. The molecule has 1 rings (SSSR count). The summed E-state index contributed by atoms with van der Waals surface area (Å²) < 4.78 is 35.2. The Bertz CT molecular complexity index is 482. The molecule has 0 N–H and O–H groups in total. The molecular weight excluding hydrogens is 231 g/mol. The van der Waals surface area contributed by atoms with Crippen LogP contribution in [-0.2, 0) is 9.84 Å². The highest BCUT2D eigenvalue weighted by Crippen LogP contribution is 2.22. The number of aldehydes is 1. The third kappa shape index (κ3) is 2.10. The van der Waals surface area contributed by atoms with Crippen molar-refractivity contribution in [1.29, 1.82) is 0 Å². The molecule has 0 radical (unpaired) electrons. The van der Waals surface area contributed by atoms with E-state index in [1.807, 2.05) is 0 Å². The van der Waals surface area contributed by atoms with Gasteiger partial charge in [-0.1, -0.05) is 11.6 Å². The van der Waals surface area contributed by atoms with Crippen LogP contribution in [-0.4, -0.2) is 21.0 Å². The van der Waals surface area contributed by atoms with Crippen LogP contribution in [0.3, 0.4) is 0 Å². The van der Waals surface area contributed by atoms with Crippen LogP contribution in [0.15, 0.2) is 17.0 Å². The van der Waals surface area contributed by atoms with Gasteiger partial charge in [0.2, 0.25) is 0 Å². The highest BCUT2D eigenvalue weighted by Gasteiger charge is 2.16. The molecule has 0 atom stereocenters. The van der Waals surface area contributed by atoms with E-state index in [1.165, 1.54) is 0 Å². The Morgan fingerprint density at radius 3 is 2.43 bits per heavy atom. The van der Waals surface area contributed by atoms with E-state index in [1.54, 1.807) is 0 Å². The molecule has 0 unspecified atom stereocenters. The Kier molecular flexibility index (Phi) is 2.92. The number of benzene rings is 1. The number of sulfone groups is 1. The third-order valence-corrected chi connectivity index (χ3v) is 3.02. The van der Waals surface area contributed by atoms with E-state index in [0.717, 1.165) is 18.4 Å². The predicted octanol–water partition coefficient (Wildman–Crippen LogP) is 1.70. The van der Waals surface area contributed by atoms with Crippen LogP contribution in [0.4, 0.5) is 4.39 Å². The summed E-state index contributed by atoms with van der Waals surface area (Å²) in [7, 11) is -3.68. The Hall–Kier alpha value is -0.940. The maximum Gasteiger partial charge on any atom is 0.178 e. The predicted molar refractivity (Wildman–Crippen MR) is 49.9 cm³/mol. The van der Waals surface area contributed by atoms with Crippen LogP contribution >= 0.6 is 11.6 Å². The van der Waals surface area contributed by atoms with Gasteiger partial charge in [0.1, 0.15) is 10.7 Å². The molecule has 3 nitrogen and oxygen atoms in total. The van der Waals surface area contributed by atoms with Gasteiger partial charge in [0.25, 0.3) is 0 Å². The van der Waals surface area contributed by atoms with Gasteiger partial charge in [-0.15, -0.1) is 0 Å². The molecule has 0 bridgehead atoms. The summed E-state index contributed by atoms with van der Waals surface area (Å²) in [5, 5.41) is -0.107. The lowest BCUT2D eigenvalue weighted by molar-refractivity contribution is 0.112. The van der Waals surface area contributed by atoms with Crippen LogP contribution in [0.5, 0.6) is 0 Å². The fourth-order valence-electron chi connectivity index (χ4n) is 0.919. The fourth-order valence-corrected chi connectivity index (χ4v) is 1.87.